The summed E-state index contributed by atoms with van der Waals surface area (Å²) in [6, 6.07) is 22.0. The summed E-state index contributed by atoms with van der Waals surface area (Å²) in [5, 5.41) is 0. The second-order valence-electron chi connectivity index (χ2n) is 6.49. The van der Waals surface area contributed by atoms with Crippen LogP contribution in [0.5, 0.6) is 0 Å². The van der Waals surface area contributed by atoms with Gasteiger partial charge < -0.3 is 4.85 Å². The molecule has 30 heavy (non-hydrogen) atoms. The Labute approximate surface area is 203 Å². The van der Waals surface area contributed by atoms with E-state index in [0.717, 1.165) is 6.42 Å². The van der Waals surface area contributed by atoms with Crippen molar-refractivity contribution >= 4 is 72.6 Å². The van der Waals surface area contributed by atoms with Gasteiger partial charge in [0.1, 0.15) is 0 Å². The van der Waals surface area contributed by atoms with E-state index in [0.29, 0.717) is 6.54 Å². The predicted molar refractivity (Wildman–Crippen MR) is 140 cm³/mol. The maximum absolute atomic E-state index is 6.96. The van der Waals surface area contributed by atoms with Gasteiger partial charge in [0.15, 0.2) is 0 Å². The van der Waals surface area contributed by atoms with Crippen LogP contribution in [-0.4, -0.2) is 6.54 Å². The lowest BCUT2D eigenvalue weighted by atomic mass is 10.3. The van der Waals surface area contributed by atoms with Crippen LogP contribution in [0.3, 0.4) is 0 Å². The summed E-state index contributed by atoms with van der Waals surface area (Å²) in [7, 11) is 0. The first-order valence-corrected chi connectivity index (χ1v) is 14.1. The van der Waals surface area contributed by atoms with Crippen molar-refractivity contribution in [3.05, 3.63) is 80.7 Å². The molecule has 0 saturated heterocycles. The highest BCUT2D eigenvalue weighted by molar-refractivity contribution is 9.11. The van der Waals surface area contributed by atoms with Gasteiger partial charge in [0.2, 0.25) is 6.54 Å². The Morgan fingerprint density at radius 1 is 0.567 bits per heavy atom. The van der Waals surface area contributed by atoms with Gasteiger partial charge in [0, 0.05) is 43.9 Å². The van der Waals surface area contributed by atoms with Crippen LogP contribution < -0.4 is 0 Å². The molecule has 0 aromatic carbocycles. The standard InChI is InChI=1S/C23H14BrNS5/c1-25-13-12-14-2-3-15(26-14)16-4-5-17(27-16)18-6-7-19(28-18)20-8-9-21(29-20)22-10-11-23(24)30-22/h2-11H,12-13H2. The second-order valence-corrected chi connectivity index (χ2v) is 13.4. The summed E-state index contributed by atoms with van der Waals surface area (Å²) in [5.41, 5.74) is 0. The molecule has 5 aromatic heterocycles. The Morgan fingerprint density at radius 3 is 1.40 bits per heavy atom. The van der Waals surface area contributed by atoms with E-state index in [1.54, 1.807) is 11.3 Å². The van der Waals surface area contributed by atoms with Crippen LogP contribution >= 0.6 is 72.6 Å². The van der Waals surface area contributed by atoms with Crippen LogP contribution in [0.4, 0.5) is 0 Å². The van der Waals surface area contributed by atoms with Gasteiger partial charge in [0.25, 0.3) is 0 Å². The van der Waals surface area contributed by atoms with Crippen molar-refractivity contribution in [3.63, 3.8) is 0 Å². The zero-order valence-electron chi connectivity index (χ0n) is 15.6. The van der Waals surface area contributed by atoms with E-state index >= 15 is 0 Å². The molecule has 0 unspecified atom stereocenters. The molecule has 0 atom stereocenters. The normalized spacial score (nSPS) is 11.1. The van der Waals surface area contributed by atoms with E-state index in [1.807, 2.05) is 45.3 Å². The summed E-state index contributed by atoms with van der Waals surface area (Å²) in [5.74, 6) is 0. The van der Waals surface area contributed by atoms with Crippen LogP contribution in [-0.2, 0) is 6.42 Å². The number of hydrogen-bond donors (Lipinski definition) is 0. The highest BCUT2D eigenvalue weighted by Crippen LogP contribution is 2.44. The van der Waals surface area contributed by atoms with Crippen molar-refractivity contribution in [2.75, 3.05) is 6.54 Å². The first kappa shape index (κ1) is 20.4. The Morgan fingerprint density at radius 2 is 0.967 bits per heavy atom. The summed E-state index contributed by atoms with van der Waals surface area (Å²) in [6.07, 6.45) is 0.853. The lowest BCUT2D eigenvalue weighted by Gasteiger charge is -1.92. The van der Waals surface area contributed by atoms with Crippen molar-refractivity contribution in [1.29, 1.82) is 0 Å². The number of rotatable bonds is 6. The molecule has 0 radical (unpaired) electrons. The Kier molecular flexibility index (Phi) is 6.05. The largest absolute Gasteiger partial charge is 0.317 e. The third-order valence-corrected chi connectivity index (χ3v) is 11.3. The fourth-order valence-electron chi connectivity index (χ4n) is 3.07. The maximum Gasteiger partial charge on any atom is 0.219 e. The Hall–Kier alpha value is -1.53. The minimum atomic E-state index is 0.571. The average Bonchev–Trinajstić information content (AvgIpc) is 3.55. The number of hydrogen-bond acceptors (Lipinski definition) is 5. The van der Waals surface area contributed by atoms with E-state index in [2.05, 4.69) is 81.4 Å². The number of thiophene rings is 5. The molecule has 0 aliphatic rings. The van der Waals surface area contributed by atoms with Crippen molar-refractivity contribution < 1.29 is 0 Å². The van der Waals surface area contributed by atoms with Crippen molar-refractivity contribution in [1.82, 2.24) is 0 Å². The third kappa shape index (κ3) is 4.26. The molecule has 1 nitrogen and oxygen atoms in total. The van der Waals surface area contributed by atoms with Gasteiger partial charge in [-0.05, 0) is 76.6 Å². The molecule has 148 valence electrons. The molecule has 0 spiro atoms. The third-order valence-electron chi connectivity index (χ3n) is 4.49. The van der Waals surface area contributed by atoms with E-state index in [1.165, 1.54) is 47.7 Å². The summed E-state index contributed by atoms with van der Waals surface area (Å²) in [4.78, 5) is 15.3. The minimum absolute atomic E-state index is 0.571. The van der Waals surface area contributed by atoms with E-state index in [9.17, 15) is 0 Å². The van der Waals surface area contributed by atoms with Crippen LogP contribution in [0, 0.1) is 6.57 Å². The van der Waals surface area contributed by atoms with E-state index in [-0.39, 0.29) is 0 Å². The molecule has 7 heteroatoms. The van der Waals surface area contributed by atoms with Gasteiger partial charge in [-0.1, -0.05) is 0 Å². The highest BCUT2D eigenvalue weighted by atomic mass is 79.9. The summed E-state index contributed by atoms with van der Waals surface area (Å²) in [6.45, 7) is 7.54. The van der Waals surface area contributed by atoms with Crippen molar-refractivity contribution in [3.8, 4) is 39.0 Å². The average molecular weight is 545 g/mol. The van der Waals surface area contributed by atoms with Gasteiger partial charge in [-0.25, -0.2) is 6.57 Å². The molecule has 0 aliphatic heterocycles. The molecule has 0 bridgehead atoms. The van der Waals surface area contributed by atoms with Crippen LogP contribution in [0.25, 0.3) is 43.9 Å². The lowest BCUT2D eigenvalue weighted by Crippen LogP contribution is -1.80. The fourth-order valence-corrected chi connectivity index (χ4v) is 8.83. The second kappa shape index (κ2) is 8.91. The minimum Gasteiger partial charge on any atom is -0.317 e. The Bertz CT molecular complexity index is 1340. The zero-order valence-corrected chi connectivity index (χ0v) is 21.2. The molecule has 0 saturated carbocycles. The molecular weight excluding hydrogens is 530 g/mol. The van der Waals surface area contributed by atoms with Gasteiger partial charge in [-0.2, -0.15) is 0 Å². The number of halogens is 1. The van der Waals surface area contributed by atoms with Crippen molar-refractivity contribution in [2.24, 2.45) is 0 Å². The van der Waals surface area contributed by atoms with Crippen LogP contribution in [0.2, 0.25) is 0 Å². The summed E-state index contributed by atoms with van der Waals surface area (Å²) < 4.78 is 1.17. The predicted octanol–water partition coefficient (Wildman–Crippen LogP) is 9.89. The molecule has 0 aliphatic carbocycles. The van der Waals surface area contributed by atoms with Gasteiger partial charge in [-0.15, -0.1) is 56.7 Å². The molecule has 5 heterocycles. The molecule has 0 fully saturated rings. The molecule has 0 amide bonds. The first-order valence-electron chi connectivity index (χ1n) is 9.18. The van der Waals surface area contributed by atoms with Crippen LogP contribution in [0.1, 0.15) is 4.88 Å². The maximum atomic E-state index is 6.96. The van der Waals surface area contributed by atoms with Gasteiger partial charge in [0.05, 0.1) is 10.2 Å². The Balaban J connectivity index is 1.36. The topological polar surface area (TPSA) is 4.36 Å². The smallest absolute Gasteiger partial charge is 0.219 e. The molecule has 0 N–H and O–H groups in total. The first-order chi connectivity index (χ1) is 14.7. The zero-order chi connectivity index (χ0) is 20.5. The monoisotopic (exact) mass is 543 g/mol. The summed E-state index contributed by atoms with van der Waals surface area (Å²) >= 11 is 12.7. The van der Waals surface area contributed by atoms with Gasteiger partial charge in [-0.3, -0.25) is 0 Å². The molecule has 5 aromatic rings. The fraction of sp³-hybridized carbons (Fsp3) is 0.0870. The van der Waals surface area contributed by atoms with Gasteiger partial charge >= 0.3 is 0 Å². The quantitative estimate of drug-likeness (QED) is 0.187. The van der Waals surface area contributed by atoms with Crippen LogP contribution in [0.15, 0.2) is 64.5 Å². The number of nitrogens with zero attached hydrogens (tertiary/aromatic N) is 1. The molecular formula is C23H14BrNS5. The lowest BCUT2D eigenvalue weighted by molar-refractivity contribution is 1.11. The van der Waals surface area contributed by atoms with Crippen molar-refractivity contribution in [2.45, 2.75) is 6.42 Å². The van der Waals surface area contributed by atoms with E-state index in [4.69, 9.17) is 6.57 Å². The van der Waals surface area contributed by atoms with E-state index < -0.39 is 0 Å². The molecule has 5 rings (SSSR count). The highest BCUT2D eigenvalue weighted by Gasteiger charge is 2.13. The SMILES string of the molecule is [C-]#[N+]CCc1ccc(-c2ccc(-c3ccc(-c4ccc(-c5ccc(Br)s5)s4)s3)s2)s1.